The minimum absolute atomic E-state index is 0.0187. The van der Waals surface area contributed by atoms with Gasteiger partial charge < -0.3 is 10.0 Å². The number of amides is 1. The van der Waals surface area contributed by atoms with E-state index in [1.807, 2.05) is 0 Å². The molecule has 1 fully saturated rings. The molecule has 96 valence electrons. The van der Waals surface area contributed by atoms with Crippen molar-refractivity contribution in [3.63, 3.8) is 0 Å². The van der Waals surface area contributed by atoms with E-state index in [4.69, 9.17) is 16.7 Å². The molecule has 5 heteroatoms. The van der Waals surface area contributed by atoms with E-state index in [1.165, 1.54) is 0 Å². The molecule has 0 saturated carbocycles. The standard InChI is InChI=1S/C13H14ClNO3/c14-10-1-3-11(4-2-10)15-6-5-9(7-12(15)16)8-13(17)18/h1-4,9H,5-8H2,(H,17,18). The van der Waals surface area contributed by atoms with Crippen molar-refractivity contribution in [2.75, 3.05) is 11.4 Å². The lowest BCUT2D eigenvalue weighted by atomic mass is 9.93. The van der Waals surface area contributed by atoms with E-state index >= 15 is 0 Å². The lowest BCUT2D eigenvalue weighted by molar-refractivity contribution is -0.138. The number of carbonyl (C=O) groups is 2. The molecule has 1 aromatic rings. The fourth-order valence-electron chi connectivity index (χ4n) is 2.21. The zero-order valence-electron chi connectivity index (χ0n) is 9.80. The van der Waals surface area contributed by atoms with Crippen LogP contribution < -0.4 is 4.90 Å². The topological polar surface area (TPSA) is 57.6 Å². The molecule has 1 atom stereocenters. The zero-order chi connectivity index (χ0) is 13.1. The first-order chi connectivity index (χ1) is 8.56. The van der Waals surface area contributed by atoms with Crippen molar-refractivity contribution in [1.29, 1.82) is 0 Å². The average Bonchev–Trinajstić information content (AvgIpc) is 2.30. The predicted molar refractivity (Wildman–Crippen MR) is 68.8 cm³/mol. The molecule has 1 amide bonds. The van der Waals surface area contributed by atoms with Crippen LogP contribution in [-0.4, -0.2) is 23.5 Å². The van der Waals surface area contributed by atoms with Crippen molar-refractivity contribution in [1.82, 2.24) is 0 Å². The molecule has 1 N–H and O–H groups in total. The maximum atomic E-state index is 12.0. The Kier molecular flexibility index (Phi) is 3.87. The molecule has 2 rings (SSSR count). The van der Waals surface area contributed by atoms with Gasteiger partial charge in [-0.05, 0) is 36.6 Å². The van der Waals surface area contributed by atoms with Crippen molar-refractivity contribution < 1.29 is 14.7 Å². The molecule has 1 aromatic carbocycles. The second-order valence-electron chi connectivity index (χ2n) is 4.48. The highest BCUT2D eigenvalue weighted by molar-refractivity contribution is 6.30. The first-order valence-electron chi connectivity index (χ1n) is 5.84. The molecule has 0 bridgehead atoms. The van der Waals surface area contributed by atoms with Crippen molar-refractivity contribution in [2.24, 2.45) is 5.92 Å². The number of carbonyl (C=O) groups excluding carboxylic acids is 1. The van der Waals surface area contributed by atoms with Gasteiger partial charge in [-0.25, -0.2) is 0 Å². The van der Waals surface area contributed by atoms with Crippen LogP contribution in [-0.2, 0) is 9.59 Å². The maximum Gasteiger partial charge on any atom is 0.303 e. The highest BCUT2D eigenvalue weighted by Crippen LogP contribution is 2.27. The van der Waals surface area contributed by atoms with E-state index in [1.54, 1.807) is 29.2 Å². The third-order valence-electron chi connectivity index (χ3n) is 3.13. The van der Waals surface area contributed by atoms with Crippen LogP contribution in [0.4, 0.5) is 5.69 Å². The van der Waals surface area contributed by atoms with Gasteiger partial charge in [-0.3, -0.25) is 9.59 Å². The summed E-state index contributed by atoms with van der Waals surface area (Å²) in [5, 5.41) is 9.36. The summed E-state index contributed by atoms with van der Waals surface area (Å²) in [7, 11) is 0. The minimum Gasteiger partial charge on any atom is -0.481 e. The van der Waals surface area contributed by atoms with E-state index in [9.17, 15) is 9.59 Å². The van der Waals surface area contributed by atoms with Gasteiger partial charge in [0.05, 0.1) is 0 Å². The van der Waals surface area contributed by atoms with Crippen LogP contribution in [0.25, 0.3) is 0 Å². The summed E-state index contributed by atoms with van der Waals surface area (Å²) in [4.78, 5) is 24.3. The Morgan fingerprint density at radius 2 is 2.06 bits per heavy atom. The number of carboxylic acids is 1. The highest BCUT2D eigenvalue weighted by Gasteiger charge is 2.27. The number of benzene rings is 1. The first-order valence-corrected chi connectivity index (χ1v) is 6.22. The minimum atomic E-state index is -0.840. The summed E-state index contributed by atoms with van der Waals surface area (Å²) in [6.45, 7) is 0.568. The summed E-state index contributed by atoms with van der Waals surface area (Å²) in [5.41, 5.74) is 0.818. The van der Waals surface area contributed by atoms with Crippen molar-refractivity contribution in [3.05, 3.63) is 29.3 Å². The van der Waals surface area contributed by atoms with Gasteiger partial charge in [0, 0.05) is 30.1 Å². The largest absolute Gasteiger partial charge is 0.481 e. The van der Waals surface area contributed by atoms with E-state index in [0.717, 1.165) is 12.1 Å². The van der Waals surface area contributed by atoms with Gasteiger partial charge in [-0.15, -0.1) is 0 Å². The van der Waals surface area contributed by atoms with Crippen LogP contribution in [0.3, 0.4) is 0 Å². The number of carboxylic acid groups (broad SMARTS) is 1. The van der Waals surface area contributed by atoms with E-state index in [0.29, 0.717) is 18.0 Å². The Balaban J connectivity index is 2.03. The molecule has 0 aliphatic carbocycles. The fraction of sp³-hybridized carbons (Fsp3) is 0.385. The molecule has 0 aromatic heterocycles. The van der Waals surface area contributed by atoms with Crippen LogP contribution in [0.5, 0.6) is 0 Å². The first kappa shape index (κ1) is 12.9. The van der Waals surface area contributed by atoms with Crippen molar-refractivity contribution in [3.8, 4) is 0 Å². The summed E-state index contributed by atoms with van der Waals surface area (Å²) in [5.74, 6) is -0.902. The molecule has 4 nitrogen and oxygen atoms in total. The third kappa shape index (κ3) is 3.01. The number of halogens is 1. The number of hydrogen-bond donors (Lipinski definition) is 1. The van der Waals surface area contributed by atoms with Crippen LogP contribution in [0.15, 0.2) is 24.3 Å². The fourth-order valence-corrected chi connectivity index (χ4v) is 2.34. The quantitative estimate of drug-likeness (QED) is 0.916. The number of anilines is 1. The Morgan fingerprint density at radius 3 is 2.61 bits per heavy atom. The molecular formula is C13H14ClNO3. The summed E-state index contributed by atoms with van der Waals surface area (Å²) < 4.78 is 0. The molecule has 0 spiro atoms. The molecule has 1 aliphatic heterocycles. The van der Waals surface area contributed by atoms with Crippen LogP contribution in [0, 0.1) is 5.92 Å². The van der Waals surface area contributed by atoms with Crippen molar-refractivity contribution in [2.45, 2.75) is 19.3 Å². The Labute approximate surface area is 110 Å². The monoisotopic (exact) mass is 267 g/mol. The molecule has 1 heterocycles. The van der Waals surface area contributed by atoms with Crippen LogP contribution in [0.2, 0.25) is 5.02 Å². The van der Waals surface area contributed by atoms with Gasteiger partial charge in [-0.1, -0.05) is 11.6 Å². The van der Waals surface area contributed by atoms with E-state index in [2.05, 4.69) is 0 Å². The zero-order valence-corrected chi connectivity index (χ0v) is 10.6. The third-order valence-corrected chi connectivity index (χ3v) is 3.38. The molecular weight excluding hydrogens is 254 g/mol. The smallest absolute Gasteiger partial charge is 0.303 e. The number of piperidine rings is 1. The maximum absolute atomic E-state index is 12.0. The van der Waals surface area contributed by atoms with Gasteiger partial charge in [0.1, 0.15) is 0 Å². The molecule has 18 heavy (non-hydrogen) atoms. The molecule has 1 saturated heterocycles. The molecule has 0 radical (unpaired) electrons. The second-order valence-corrected chi connectivity index (χ2v) is 4.91. The van der Waals surface area contributed by atoms with E-state index in [-0.39, 0.29) is 18.2 Å². The molecule has 1 aliphatic rings. The number of nitrogens with zero attached hydrogens (tertiary/aromatic N) is 1. The van der Waals surface area contributed by atoms with E-state index < -0.39 is 5.97 Å². The van der Waals surface area contributed by atoms with Gasteiger partial charge >= 0.3 is 5.97 Å². The van der Waals surface area contributed by atoms with Gasteiger partial charge in [0.15, 0.2) is 0 Å². The highest BCUT2D eigenvalue weighted by atomic mass is 35.5. The summed E-state index contributed by atoms with van der Waals surface area (Å²) in [6, 6.07) is 7.09. The number of aliphatic carboxylic acids is 1. The van der Waals surface area contributed by atoms with Gasteiger partial charge in [0.2, 0.25) is 5.91 Å². The summed E-state index contributed by atoms with van der Waals surface area (Å²) in [6.07, 6.45) is 1.09. The number of rotatable bonds is 3. The summed E-state index contributed by atoms with van der Waals surface area (Å²) >= 11 is 5.80. The predicted octanol–water partition coefficient (Wildman–Crippen LogP) is 2.56. The Bertz CT molecular complexity index is 458. The van der Waals surface area contributed by atoms with Crippen LogP contribution >= 0.6 is 11.6 Å². The lowest BCUT2D eigenvalue weighted by Gasteiger charge is -2.31. The van der Waals surface area contributed by atoms with Crippen molar-refractivity contribution >= 4 is 29.2 Å². The van der Waals surface area contributed by atoms with Gasteiger partial charge in [0.25, 0.3) is 0 Å². The SMILES string of the molecule is O=C(O)CC1CCN(c2ccc(Cl)cc2)C(=O)C1. The lowest BCUT2D eigenvalue weighted by Crippen LogP contribution is -2.39. The Hall–Kier alpha value is -1.55. The van der Waals surface area contributed by atoms with Gasteiger partial charge in [-0.2, -0.15) is 0 Å². The average molecular weight is 268 g/mol. The second kappa shape index (κ2) is 5.40. The van der Waals surface area contributed by atoms with Crippen LogP contribution in [0.1, 0.15) is 19.3 Å². The normalized spacial score (nSPS) is 19.9. The Morgan fingerprint density at radius 1 is 1.39 bits per heavy atom. The number of hydrogen-bond acceptors (Lipinski definition) is 2. The molecule has 1 unspecified atom stereocenters.